The number of carbonyl (C=O) groups is 1. The van der Waals surface area contributed by atoms with Crippen LogP contribution < -0.4 is 11.1 Å². The first-order valence-corrected chi connectivity index (χ1v) is 9.07. The largest absolute Gasteiger partial charge is 0.393 e. The molecule has 0 bridgehead atoms. The lowest BCUT2D eigenvalue weighted by Crippen LogP contribution is -2.39. The zero-order valence-electron chi connectivity index (χ0n) is 15.2. The molecule has 6 heteroatoms. The lowest BCUT2D eigenvalue weighted by Gasteiger charge is -2.15. The Hall–Kier alpha value is -2.70. The maximum atomic E-state index is 13.1. The van der Waals surface area contributed by atoms with Crippen LogP contribution in [0.25, 0.3) is 22.0 Å². The SMILES string of the molecule is CC[C@@H](O)C[C@H](N)CNC(=O)c1cc2ccc(-c3ccc(F)cc3)cc2[nH]1. The molecule has 142 valence electrons. The number of carbonyl (C=O) groups excluding carboxylic acids is 1. The number of rotatable bonds is 7. The minimum atomic E-state index is -0.449. The molecule has 27 heavy (non-hydrogen) atoms. The van der Waals surface area contributed by atoms with Crippen LogP contribution in [-0.2, 0) is 0 Å². The van der Waals surface area contributed by atoms with Crippen molar-refractivity contribution in [3.8, 4) is 11.1 Å². The number of aromatic amines is 1. The van der Waals surface area contributed by atoms with Gasteiger partial charge in [-0.1, -0.05) is 31.2 Å². The summed E-state index contributed by atoms with van der Waals surface area (Å²) in [5, 5.41) is 13.3. The number of nitrogens with two attached hydrogens (primary N) is 1. The van der Waals surface area contributed by atoms with Crippen molar-refractivity contribution in [1.82, 2.24) is 10.3 Å². The zero-order chi connectivity index (χ0) is 19.4. The third-order valence-electron chi connectivity index (χ3n) is 4.62. The maximum absolute atomic E-state index is 13.1. The highest BCUT2D eigenvalue weighted by molar-refractivity contribution is 5.98. The van der Waals surface area contributed by atoms with Crippen LogP contribution in [0.3, 0.4) is 0 Å². The van der Waals surface area contributed by atoms with Gasteiger partial charge >= 0.3 is 0 Å². The van der Waals surface area contributed by atoms with Gasteiger partial charge in [0.05, 0.1) is 6.10 Å². The molecule has 0 aliphatic carbocycles. The molecule has 0 radical (unpaired) electrons. The fraction of sp³-hybridized carbons (Fsp3) is 0.286. The number of aliphatic hydroxyl groups is 1. The lowest BCUT2D eigenvalue weighted by atomic mass is 10.0. The molecule has 2 atom stereocenters. The Morgan fingerprint density at radius 1 is 1.19 bits per heavy atom. The summed E-state index contributed by atoms with van der Waals surface area (Å²) >= 11 is 0. The molecule has 2 aromatic carbocycles. The van der Waals surface area contributed by atoms with Gasteiger partial charge in [-0.15, -0.1) is 0 Å². The second kappa shape index (κ2) is 8.33. The van der Waals surface area contributed by atoms with E-state index in [0.717, 1.165) is 22.0 Å². The number of hydrogen-bond donors (Lipinski definition) is 4. The van der Waals surface area contributed by atoms with Gasteiger partial charge in [0.1, 0.15) is 11.5 Å². The van der Waals surface area contributed by atoms with Crippen molar-refractivity contribution in [2.75, 3.05) is 6.54 Å². The van der Waals surface area contributed by atoms with E-state index >= 15 is 0 Å². The van der Waals surface area contributed by atoms with E-state index in [1.54, 1.807) is 18.2 Å². The summed E-state index contributed by atoms with van der Waals surface area (Å²) in [6.07, 6.45) is 0.639. The standard InChI is InChI=1S/C21H24FN3O2/c1-2-18(26)11-17(23)12-24-21(27)20-10-15-4-3-14(9-19(15)25-20)13-5-7-16(22)8-6-13/h3-10,17-18,25-26H,2,11-12,23H2,1H3,(H,24,27)/t17-,18+/m0/s1. The quantitative estimate of drug-likeness (QED) is 0.515. The van der Waals surface area contributed by atoms with E-state index in [1.807, 2.05) is 25.1 Å². The Labute approximate surface area is 157 Å². The van der Waals surface area contributed by atoms with Gasteiger partial charge in [0.15, 0.2) is 0 Å². The van der Waals surface area contributed by atoms with Crippen molar-refractivity contribution in [2.45, 2.75) is 31.9 Å². The van der Waals surface area contributed by atoms with E-state index in [2.05, 4.69) is 10.3 Å². The van der Waals surface area contributed by atoms with Crippen LogP contribution in [0.4, 0.5) is 4.39 Å². The highest BCUT2D eigenvalue weighted by atomic mass is 19.1. The Balaban J connectivity index is 1.70. The monoisotopic (exact) mass is 369 g/mol. The molecule has 1 aromatic heterocycles. The van der Waals surface area contributed by atoms with Crippen molar-refractivity contribution < 1.29 is 14.3 Å². The summed E-state index contributed by atoms with van der Waals surface area (Å²) in [4.78, 5) is 15.5. The van der Waals surface area contributed by atoms with Gasteiger partial charge < -0.3 is 21.1 Å². The Bertz CT molecular complexity index is 921. The molecule has 0 aliphatic rings. The average molecular weight is 369 g/mol. The van der Waals surface area contributed by atoms with Crippen molar-refractivity contribution in [3.63, 3.8) is 0 Å². The van der Waals surface area contributed by atoms with Gasteiger partial charge in [0.25, 0.3) is 5.91 Å². The first-order valence-electron chi connectivity index (χ1n) is 9.07. The first-order chi connectivity index (χ1) is 13.0. The molecule has 0 aliphatic heterocycles. The van der Waals surface area contributed by atoms with Crippen molar-refractivity contribution >= 4 is 16.8 Å². The molecule has 3 rings (SSSR count). The zero-order valence-corrected chi connectivity index (χ0v) is 15.2. The molecule has 0 unspecified atom stereocenters. The Morgan fingerprint density at radius 2 is 1.89 bits per heavy atom. The number of aliphatic hydroxyl groups excluding tert-OH is 1. The highest BCUT2D eigenvalue weighted by Crippen LogP contribution is 2.25. The van der Waals surface area contributed by atoms with Gasteiger partial charge in [-0.2, -0.15) is 0 Å². The van der Waals surface area contributed by atoms with Crippen LogP contribution >= 0.6 is 0 Å². The van der Waals surface area contributed by atoms with E-state index in [9.17, 15) is 14.3 Å². The molecular weight excluding hydrogens is 345 g/mol. The van der Waals surface area contributed by atoms with Crippen LogP contribution in [0.5, 0.6) is 0 Å². The second-order valence-electron chi connectivity index (χ2n) is 6.76. The Morgan fingerprint density at radius 3 is 2.59 bits per heavy atom. The molecule has 0 saturated heterocycles. The summed E-state index contributed by atoms with van der Waals surface area (Å²) in [5.41, 5.74) is 9.05. The summed E-state index contributed by atoms with van der Waals surface area (Å²) in [6, 6.07) is 13.6. The number of halogens is 1. The van der Waals surface area contributed by atoms with Gasteiger partial charge in [0, 0.05) is 23.5 Å². The van der Waals surface area contributed by atoms with E-state index in [4.69, 9.17) is 5.73 Å². The number of aromatic nitrogens is 1. The number of fused-ring (bicyclic) bond motifs is 1. The van der Waals surface area contributed by atoms with Gasteiger partial charge in [-0.05, 0) is 48.2 Å². The maximum Gasteiger partial charge on any atom is 0.267 e. The van der Waals surface area contributed by atoms with Crippen molar-refractivity contribution in [1.29, 1.82) is 0 Å². The Kier molecular flexibility index (Phi) is 5.88. The summed E-state index contributed by atoms with van der Waals surface area (Å²) in [6.45, 7) is 2.19. The third-order valence-corrected chi connectivity index (χ3v) is 4.62. The number of amides is 1. The molecular formula is C21H24FN3O2. The molecule has 0 saturated carbocycles. The number of hydrogen-bond acceptors (Lipinski definition) is 3. The topological polar surface area (TPSA) is 91.1 Å². The van der Waals surface area contributed by atoms with Crippen LogP contribution in [0.1, 0.15) is 30.3 Å². The minimum absolute atomic E-state index is 0.240. The molecule has 1 heterocycles. The van der Waals surface area contributed by atoms with Crippen LogP contribution in [0, 0.1) is 5.82 Å². The molecule has 5 N–H and O–H groups in total. The van der Waals surface area contributed by atoms with Crippen LogP contribution in [-0.4, -0.2) is 34.7 Å². The van der Waals surface area contributed by atoms with Crippen LogP contribution in [0.2, 0.25) is 0 Å². The summed E-state index contributed by atoms with van der Waals surface area (Å²) in [5.74, 6) is -0.515. The van der Waals surface area contributed by atoms with Gasteiger partial charge in [-0.3, -0.25) is 4.79 Å². The summed E-state index contributed by atoms with van der Waals surface area (Å²) < 4.78 is 13.1. The van der Waals surface area contributed by atoms with Crippen molar-refractivity contribution in [2.24, 2.45) is 5.73 Å². The number of H-pyrrole nitrogens is 1. The highest BCUT2D eigenvalue weighted by Gasteiger charge is 2.13. The van der Waals surface area contributed by atoms with E-state index in [0.29, 0.717) is 25.1 Å². The van der Waals surface area contributed by atoms with Gasteiger partial charge in [-0.25, -0.2) is 4.39 Å². The third kappa shape index (κ3) is 4.72. The fourth-order valence-electron chi connectivity index (χ4n) is 2.99. The molecule has 5 nitrogen and oxygen atoms in total. The van der Waals surface area contributed by atoms with E-state index in [-0.39, 0.29) is 17.8 Å². The fourth-order valence-corrected chi connectivity index (χ4v) is 2.99. The predicted molar refractivity (Wildman–Crippen MR) is 105 cm³/mol. The summed E-state index contributed by atoms with van der Waals surface area (Å²) in [7, 11) is 0. The smallest absolute Gasteiger partial charge is 0.267 e. The minimum Gasteiger partial charge on any atom is -0.393 e. The molecule has 3 aromatic rings. The van der Waals surface area contributed by atoms with Gasteiger partial charge in [0.2, 0.25) is 0 Å². The molecule has 0 fully saturated rings. The molecule has 0 spiro atoms. The molecule has 1 amide bonds. The normalized spacial score (nSPS) is 13.5. The number of benzene rings is 2. The first kappa shape index (κ1) is 19.1. The predicted octanol–water partition coefficient (Wildman–Crippen LogP) is 3.19. The lowest BCUT2D eigenvalue weighted by molar-refractivity contribution is 0.0939. The average Bonchev–Trinajstić information content (AvgIpc) is 3.10. The second-order valence-corrected chi connectivity index (χ2v) is 6.76. The van der Waals surface area contributed by atoms with Crippen LogP contribution in [0.15, 0.2) is 48.5 Å². The van der Waals surface area contributed by atoms with E-state index in [1.165, 1.54) is 12.1 Å². The number of nitrogens with one attached hydrogen (secondary N) is 2. The van der Waals surface area contributed by atoms with Crippen molar-refractivity contribution in [3.05, 3.63) is 60.0 Å². The van der Waals surface area contributed by atoms with E-state index < -0.39 is 6.10 Å².